The molecule has 0 heterocycles. The summed E-state index contributed by atoms with van der Waals surface area (Å²) >= 11 is 0. The Bertz CT molecular complexity index is 456. The van der Waals surface area contributed by atoms with Crippen molar-refractivity contribution in [3.8, 4) is 0 Å². The molecular weight excluding hydrogens is 244 g/mol. The molecule has 20 heavy (non-hydrogen) atoms. The van der Waals surface area contributed by atoms with Crippen molar-refractivity contribution in [1.82, 2.24) is 0 Å². The Balaban J connectivity index is 2.03. The number of carbonyl (C=O) groups excluding carboxylic acids is 1. The lowest BCUT2D eigenvalue weighted by molar-refractivity contribution is -0.118. The van der Waals surface area contributed by atoms with Gasteiger partial charge in [-0.05, 0) is 66.8 Å². The summed E-state index contributed by atoms with van der Waals surface area (Å²) in [4.78, 5) is 12.2. The van der Waals surface area contributed by atoms with E-state index in [0.717, 1.165) is 25.2 Å². The molecule has 3 atom stereocenters. The van der Waals surface area contributed by atoms with E-state index in [9.17, 15) is 4.79 Å². The van der Waals surface area contributed by atoms with Crippen molar-refractivity contribution in [1.29, 1.82) is 0 Å². The maximum absolute atomic E-state index is 12.2. The molecule has 112 valence electrons. The fraction of sp³-hybridized carbons (Fsp3) is 0.842. The number of hydrogen-bond donors (Lipinski definition) is 0. The standard InChI is InChI=1S/C19H30O/c1-5-13-14-7-10-17-18(2,3)11-6-12-19(17,4)15(14)8-9-16(13)20/h15,17H,5-12H2,1-4H3/t15-,17-,19+/m0/s1. The number of carbonyl (C=O) groups is 1. The van der Waals surface area contributed by atoms with E-state index in [1.807, 2.05) is 0 Å². The van der Waals surface area contributed by atoms with E-state index in [1.165, 1.54) is 37.7 Å². The van der Waals surface area contributed by atoms with Gasteiger partial charge in [0.1, 0.15) is 0 Å². The second-order valence-electron chi connectivity index (χ2n) is 8.31. The first-order valence-corrected chi connectivity index (χ1v) is 8.65. The highest BCUT2D eigenvalue weighted by Crippen LogP contribution is 2.63. The predicted octanol–water partition coefficient (Wildman–Crippen LogP) is 5.30. The van der Waals surface area contributed by atoms with Crippen molar-refractivity contribution < 1.29 is 4.79 Å². The van der Waals surface area contributed by atoms with Crippen LogP contribution < -0.4 is 0 Å². The van der Waals surface area contributed by atoms with E-state index in [4.69, 9.17) is 0 Å². The molecule has 0 saturated heterocycles. The normalized spacial score (nSPS) is 40.3. The minimum Gasteiger partial charge on any atom is -0.295 e. The molecule has 0 aromatic rings. The zero-order chi connectivity index (χ0) is 14.5. The number of ketones is 1. The molecule has 0 spiro atoms. The average Bonchev–Trinajstić information content (AvgIpc) is 2.37. The molecule has 0 aliphatic heterocycles. The van der Waals surface area contributed by atoms with Crippen molar-refractivity contribution in [3.05, 3.63) is 11.1 Å². The molecule has 2 fully saturated rings. The highest BCUT2D eigenvalue weighted by Gasteiger charge is 2.54. The molecule has 2 saturated carbocycles. The second-order valence-corrected chi connectivity index (χ2v) is 8.31. The van der Waals surface area contributed by atoms with Crippen LogP contribution >= 0.6 is 0 Å². The summed E-state index contributed by atoms with van der Waals surface area (Å²) in [5, 5.41) is 0. The summed E-state index contributed by atoms with van der Waals surface area (Å²) in [6, 6.07) is 0. The van der Waals surface area contributed by atoms with Crippen LogP contribution in [0.4, 0.5) is 0 Å². The Labute approximate surface area is 124 Å². The first-order chi connectivity index (χ1) is 9.40. The maximum atomic E-state index is 12.2. The van der Waals surface area contributed by atoms with Crippen molar-refractivity contribution >= 4 is 5.78 Å². The fourth-order valence-corrected chi connectivity index (χ4v) is 6.07. The first kappa shape index (κ1) is 14.4. The molecule has 3 aliphatic carbocycles. The minimum absolute atomic E-state index is 0.455. The summed E-state index contributed by atoms with van der Waals surface area (Å²) in [6.07, 6.45) is 9.53. The topological polar surface area (TPSA) is 17.1 Å². The van der Waals surface area contributed by atoms with Crippen LogP contribution in [0, 0.1) is 22.7 Å². The Morgan fingerprint density at radius 1 is 1.10 bits per heavy atom. The van der Waals surface area contributed by atoms with E-state index in [1.54, 1.807) is 5.57 Å². The third kappa shape index (κ3) is 1.92. The monoisotopic (exact) mass is 274 g/mol. The molecular formula is C19H30O. The van der Waals surface area contributed by atoms with Gasteiger partial charge in [0.2, 0.25) is 0 Å². The van der Waals surface area contributed by atoms with Crippen LogP contribution in [0.3, 0.4) is 0 Å². The highest BCUT2D eigenvalue weighted by molar-refractivity contribution is 5.97. The molecule has 0 N–H and O–H groups in total. The smallest absolute Gasteiger partial charge is 0.158 e. The highest BCUT2D eigenvalue weighted by atomic mass is 16.1. The number of allylic oxidation sites excluding steroid dienone is 2. The summed E-state index contributed by atoms with van der Waals surface area (Å²) in [7, 11) is 0. The van der Waals surface area contributed by atoms with Gasteiger partial charge in [0.25, 0.3) is 0 Å². The Hall–Kier alpha value is -0.590. The summed E-state index contributed by atoms with van der Waals surface area (Å²) in [6.45, 7) is 9.68. The number of fused-ring (bicyclic) bond motifs is 3. The molecule has 0 bridgehead atoms. The van der Waals surface area contributed by atoms with Crippen molar-refractivity contribution in [2.75, 3.05) is 0 Å². The van der Waals surface area contributed by atoms with Gasteiger partial charge >= 0.3 is 0 Å². The van der Waals surface area contributed by atoms with Crippen molar-refractivity contribution in [3.63, 3.8) is 0 Å². The Morgan fingerprint density at radius 3 is 2.55 bits per heavy atom. The quantitative estimate of drug-likeness (QED) is 0.634. The lowest BCUT2D eigenvalue weighted by Crippen LogP contribution is -2.50. The van der Waals surface area contributed by atoms with Gasteiger partial charge in [-0.1, -0.05) is 39.7 Å². The minimum atomic E-state index is 0.455. The van der Waals surface area contributed by atoms with Crippen LogP contribution in [0.2, 0.25) is 0 Å². The Morgan fingerprint density at radius 2 is 1.85 bits per heavy atom. The third-order valence-electron chi connectivity index (χ3n) is 6.93. The largest absolute Gasteiger partial charge is 0.295 e. The van der Waals surface area contributed by atoms with Crippen LogP contribution in [-0.4, -0.2) is 5.78 Å². The molecule has 0 unspecified atom stereocenters. The molecule has 1 heteroatoms. The van der Waals surface area contributed by atoms with Gasteiger partial charge in [-0.3, -0.25) is 4.79 Å². The lowest BCUT2D eigenvalue weighted by atomic mass is 9.46. The molecule has 0 radical (unpaired) electrons. The lowest BCUT2D eigenvalue weighted by Gasteiger charge is -2.59. The Kier molecular flexibility index (Phi) is 3.38. The van der Waals surface area contributed by atoms with E-state index >= 15 is 0 Å². The van der Waals surface area contributed by atoms with Gasteiger partial charge in [-0.25, -0.2) is 0 Å². The number of Topliss-reactive ketones (excluding diaryl/α,β-unsaturated/α-hetero) is 1. The molecule has 3 aliphatic rings. The average molecular weight is 274 g/mol. The summed E-state index contributed by atoms with van der Waals surface area (Å²) in [5.74, 6) is 2.01. The fourth-order valence-electron chi connectivity index (χ4n) is 6.07. The van der Waals surface area contributed by atoms with Crippen LogP contribution in [0.5, 0.6) is 0 Å². The zero-order valence-electron chi connectivity index (χ0n) is 13.7. The number of hydrogen-bond acceptors (Lipinski definition) is 1. The molecule has 0 aromatic carbocycles. The van der Waals surface area contributed by atoms with Gasteiger partial charge in [0.05, 0.1) is 0 Å². The van der Waals surface area contributed by atoms with E-state index in [0.29, 0.717) is 22.5 Å². The van der Waals surface area contributed by atoms with Gasteiger partial charge in [-0.15, -0.1) is 0 Å². The van der Waals surface area contributed by atoms with Crippen LogP contribution in [0.1, 0.15) is 79.1 Å². The van der Waals surface area contributed by atoms with Crippen molar-refractivity contribution in [2.45, 2.75) is 79.1 Å². The summed E-state index contributed by atoms with van der Waals surface area (Å²) < 4.78 is 0. The van der Waals surface area contributed by atoms with Crippen LogP contribution in [-0.2, 0) is 4.79 Å². The predicted molar refractivity (Wildman–Crippen MR) is 83.5 cm³/mol. The van der Waals surface area contributed by atoms with Gasteiger partial charge in [-0.2, -0.15) is 0 Å². The second kappa shape index (κ2) is 4.71. The van der Waals surface area contributed by atoms with Crippen LogP contribution in [0.25, 0.3) is 0 Å². The first-order valence-electron chi connectivity index (χ1n) is 8.65. The van der Waals surface area contributed by atoms with E-state index in [-0.39, 0.29) is 0 Å². The van der Waals surface area contributed by atoms with Gasteiger partial charge in [0, 0.05) is 6.42 Å². The summed E-state index contributed by atoms with van der Waals surface area (Å²) in [5.41, 5.74) is 3.73. The molecule has 3 rings (SSSR count). The molecule has 0 amide bonds. The van der Waals surface area contributed by atoms with Crippen molar-refractivity contribution in [2.24, 2.45) is 22.7 Å². The van der Waals surface area contributed by atoms with E-state index in [2.05, 4.69) is 27.7 Å². The molecule has 1 nitrogen and oxygen atoms in total. The van der Waals surface area contributed by atoms with Gasteiger partial charge < -0.3 is 0 Å². The number of rotatable bonds is 1. The maximum Gasteiger partial charge on any atom is 0.158 e. The van der Waals surface area contributed by atoms with E-state index < -0.39 is 0 Å². The van der Waals surface area contributed by atoms with Crippen LogP contribution in [0.15, 0.2) is 11.1 Å². The molecule has 0 aromatic heterocycles. The SMILES string of the molecule is CCC1=C2CC[C@H]3C(C)(C)CCC[C@]3(C)[C@H]2CCC1=O. The third-order valence-corrected chi connectivity index (χ3v) is 6.93. The zero-order valence-corrected chi connectivity index (χ0v) is 13.7. The van der Waals surface area contributed by atoms with Gasteiger partial charge in [0.15, 0.2) is 5.78 Å².